The summed E-state index contributed by atoms with van der Waals surface area (Å²) in [6.45, 7) is 0.339. The Morgan fingerprint density at radius 1 is 1.48 bits per heavy atom. The van der Waals surface area contributed by atoms with E-state index in [1.807, 2.05) is 24.3 Å². The lowest BCUT2D eigenvalue weighted by Gasteiger charge is -2.17. The maximum Gasteiger partial charge on any atom is 0.311 e. The normalized spacial score (nSPS) is 18.0. The third-order valence-electron chi connectivity index (χ3n) is 3.53. The largest absolute Gasteiger partial charge is 0.469 e. The molecule has 1 fully saturated rings. The predicted octanol–water partition coefficient (Wildman–Crippen LogP) is 1.87. The maximum atomic E-state index is 12.1. The molecule has 1 unspecified atom stereocenters. The summed E-state index contributed by atoms with van der Waals surface area (Å²) in [4.78, 5) is 29.1. The van der Waals surface area contributed by atoms with Crippen molar-refractivity contribution in [1.82, 2.24) is 4.98 Å². The van der Waals surface area contributed by atoms with Gasteiger partial charge in [0.2, 0.25) is 5.91 Å². The van der Waals surface area contributed by atoms with Crippen molar-refractivity contribution in [3.05, 3.63) is 36.9 Å². The molecule has 0 spiro atoms. The van der Waals surface area contributed by atoms with E-state index in [4.69, 9.17) is 9.15 Å². The van der Waals surface area contributed by atoms with E-state index in [1.165, 1.54) is 13.5 Å². The average Bonchev–Trinajstić information content (AvgIpc) is 3.16. The highest BCUT2D eigenvalue weighted by Crippen LogP contribution is 2.29. The summed E-state index contributed by atoms with van der Waals surface area (Å²) in [5, 5.41) is 0. The highest BCUT2D eigenvalue weighted by Gasteiger charge is 2.35. The van der Waals surface area contributed by atoms with Crippen LogP contribution in [-0.4, -0.2) is 30.5 Å². The minimum atomic E-state index is -0.406. The smallest absolute Gasteiger partial charge is 0.311 e. The molecule has 0 radical (unpaired) electrons. The summed E-state index contributed by atoms with van der Waals surface area (Å²) in [5.41, 5.74) is 1.57. The molecule has 1 saturated heterocycles. The number of esters is 1. The molecular weight excluding hydrogens is 272 g/mol. The molecule has 6 nitrogen and oxygen atoms in total. The van der Waals surface area contributed by atoms with E-state index < -0.39 is 5.92 Å². The zero-order chi connectivity index (χ0) is 14.8. The lowest BCUT2D eigenvalue weighted by molar-refractivity contribution is -0.145. The van der Waals surface area contributed by atoms with E-state index in [9.17, 15) is 9.59 Å². The molecule has 1 aromatic heterocycles. The SMILES string of the molecule is COC(=O)C1CC(=O)N(c2cccc(-c3cnco3)c2)C1. The van der Waals surface area contributed by atoms with Crippen molar-refractivity contribution in [3.63, 3.8) is 0 Å². The number of aromatic nitrogens is 1. The molecule has 1 aliphatic heterocycles. The fourth-order valence-corrected chi connectivity index (χ4v) is 2.47. The van der Waals surface area contributed by atoms with Crippen molar-refractivity contribution in [3.8, 4) is 11.3 Å². The van der Waals surface area contributed by atoms with Crippen LogP contribution >= 0.6 is 0 Å². The van der Waals surface area contributed by atoms with Gasteiger partial charge in [-0.05, 0) is 12.1 Å². The van der Waals surface area contributed by atoms with Gasteiger partial charge in [0.05, 0.1) is 19.2 Å². The van der Waals surface area contributed by atoms with Gasteiger partial charge < -0.3 is 14.1 Å². The number of amides is 1. The van der Waals surface area contributed by atoms with Gasteiger partial charge in [-0.3, -0.25) is 9.59 Å². The van der Waals surface area contributed by atoms with Crippen molar-refractivity contribution >= 4 is 17.6 Å². The van der Waals surface area contributed by atoms with E-state index in [2.05, 4.69) is 4.98 Å². The van der Waals surface area contributed by atoms with E-state index in [0.29, 0.717) is 12.3 Å². The number of benzene rings is 1. The van der Waals surface area contributed by atoms with Crippen LogP contribution in [0.3, 0.4) is 0 Å². The molecule has 0 saturated carbocycles. The van der Waals surface area contributed by atoms with Crippen molar-refractivity contribution in [2.45, 2.75) is 6.42 Å². The molecule has 108 valence electrons. The molecule has 3 rings (SSSR count). The highest BCUT2D eigenvalue weighted by atomic mass is 16.5. The molecule has 2 heterocycles. The lowest BCUT2D eigenvalue weighted by Crippen LogP contribution is -2.26. The second-order valence-corrected chi connectivity index (χ2v) is 4.84. The van der Waals surface area contributed by atoms with E-state index >= 15 is 0 Å². The molecular formula is C15H14N2O4. The number of anilines is 1. The van der Waals surface area contributed by atoms with Crippen LogP contribution in [0.1, 0.15) is 6.42 Å². The van der Waals surface area contributed by atoms with Crippen LogP contribution in [0.4, 0.5) is 5.69 Å². The third-order valence-corrected chi connectivity index (χ3v) is 3.53. The summed E-state index contributed by atoms with van der Waals surface area (Å²) in [5.74, 6) is -0.207. The first kappa shape index (κ1) is 13.4. The lowest BCUT2D eigenvalue weighted by atomic mass is 10.1. The van der Waals surface area contributed by atoms with Gasteiger partial charge in [-0.25, -0.2) is 4.98 Å². The maximum absolute atomic E-state index is 12.1. The summed E-state index contributed by atoms with van der Waals surface area (Å²) >= 11 is 0. The second kappa shape index (κ2) is 5.40. The number of carbonyl (C=O) groups excluding carboxylic acids is 2. The molecule has 1 atom stereocenters. The average molecular weight is 286 g/mol. The van der Waals surface area contributed by atoms with Gasteiger partial charge in [-0.15, -0.1) is 0 Å². The Hall–Kier alpha value is -2.63. The molecule has 1 amide bonds. The summed E-state index contributed by atoms with van der Waals surface area (Å²) in [6, 6.07) is 7.39. The van der Waals surface area contributed by atoms with Crippen LogP contribution in [0.5, 0.6) is 0 Å². The minimum absolute atomic E-state index is 0.0832. The number of rotatable bonds is 3. The molecule has 0 N–H and O–H groups in total. The van der Waals surface area contributed by atoms with Crippen molar-refractivity contribution < 1.29 is 18.7 Å². The Balaban J connectivity index is 1.86. The first-order valence-electron chi connectivity index (χ1n) is 6.56. The Labute approximate surface area is 121 Å². The Morgan fingerprint density at radius 2 is 2.33 bits per heavy atom. The summed E-state index contributed by atoms with van der Waals surface area (Å²) < 4.78 is 9.96. The molecule has 2 aromatic rings. The first-order chi connectivity index (χ1) is 10.2. The van der Waals surface area contributed by atoms with E-state index in [1.54, 1.807) is 11.1 Å². The van der Waals surface area contributed by atoms with Crippen LogP contribution in [0.2, 0.25) is 0 Å². The molecule has 21 heavy (non-hydrogen) atoms. The van der Waals surface area contributed by atoms with Gasteiger partial charge in [-0.1, -0.05) is 12.1 Å². The van der Waals surface area contributed by atoms with Crippen LogP contribution < -0.4 is 4.90 Å². The van der Waals surface area contributed by atoms with Crippen LogP contribution in [-0.2, 0) is 14.3 Å². The quantitative estimate of drug-likeness (QED) is 0.805. The highest BCUT2D eigenvalue weighted by molar-refractivity contribution is 5.99. The Bertz CT molecular complexity index is 666. The number of hydrogen-bond acceptors (Lipinski definition) is 5. The molecule has 1 aromatic carbocycles. The van der Waals surface area contributed by atoms with Gasteiger partial charge in [0.1, 0.15) is 0 Å². The predicted molar refractivity (Wildman–Crippen MR) is 74.4 cm³/mol. The van der Waals surface area contributed by atoms with Crippen LogP contribution in [0, 0.1) is 5.92 Å². The molecule has 0 bridgehead atoms. The van der Waals surface area contributed by atoms with E-state index in [0.717, 1.165) is 11.3 Å². The standard InChI is InChI=1S/C15H14N2O4/c1-20-15(19)11-6-14(18)17(8-11)12-4-2-3-10(5-12)13-7-16-9-21-13/h2-5,7,9,11H,6,8H2,1H3. The summed E-state index contributed by atoms with van der Waals surface area (Å²) in [7, 11) is 1.33. The van der Waals surface area contributed by atoms with Gasteiger partial charge >= 0.3 is 5.97 Å². The Kier molecular flexibility index (Phi) is 3.43. The Morgan fingerprint density at radius 3 is 3.05 bits per heavy atom. The van der Waals surface area contributed by atoms with Gasteiger partial charge in [-0.2, -0.15) is 0 Å². The minimum Gasteiger partial charge on any atom is -0.469 e. The number of ether oxygens (including phenoxy) is 1. The van der Waals surface area contributed by atoms with Crippen molar-refractivity contribution in [2.24, 2.45) is 5.92 Å². The first-order valence-corrected chi connectivity index (χ1v) is 6.56. The fraction of sp³-hybridized carbons (Fsp3) is 0.267. The topological polar surface area (TPSA) is 72.6 Å². The monoisotopic (exact) mass is 286 g/mol. The van der Waals surface area contributed by atoms with Crippen molar-refractivity contribution in [1.29, 1.82) is 0 Å². The number of oxazole rings is 1. The van der Waals surface area contributed by atoms with Gasteiger partial charge in [0.25, 0.3) is 0 Å². The number of methoxy groups -OCH3 is 1. The van der Waals surface area contributed by atoms with Crippen LogP contribution in [0.25, 0.3) is 11.3 Å². The van der Waals surface area contributed by atoms with Gasteiger partial charge in [0, 0.05) is 24.2 Å². The molecule has 1 aliphatic rings. The molecule has 0 aliphatic carbocycles. The number of carbonyl (C=O) groups is 2. The third kappa shape index (κ3) is 2.52. The van der Waals surface area contributed by atoms with E-state index in [-0.39, 0.29) is 18.3 Å². The van der Waals surface area contributed by atoms with Crippen LogP contribution in [0.15, 0.2) is 41.3 Å². The number of nitrogens with zero attached hydrogens (tertiary/aromatic N) is 2. The second-order valence-electron chi connectivity index (χ2n) is 4.84. The zero-order valence-corrected chi connectivity index (χ0v) is 11.5. The number of hydrogen-bond donors (Lipinski definition) is 0. The van der Waals surface area contributed by atoms with Gasteiger partial charge in [0.15, 0.2) is 12.2 Å². The van der Waals surface area contributed by atoms with Crippen molar-refractivity contribution in [2.75, 3.05) is 18.6 Å². The summed E-state index contributed by atoms with van der Waals surface area (Å²) in [6.07, 6.45) is 3.15. The fourth-order valence-electron chi connectivity index (χ4n) is 2.47. The zero-order valence-electron chi connectivity index (χ0n) is 11.5. The molecule has 6 heteroatoms.